The first-order valence-corrected chi connectivity index (χ1v) is 27.2. The van der Waals surface area contributed by atoms with E-state index in [0.717, 1.165) is 11.8 Å². The monoisotopic (exact) mass is 1160 g/mol. The lowest BCUT2D eigenvalue weighted by molar-refractivity contribution is -0.145. The molecule has 4 aromatic rings. The fraction of sp³-hybridized carbons (Fsp3) is 0.444. The number of H-pyrrole nitrogens is 1. The number of hydrogen-bond donors (Lipinski definition) is 16. The van der Waals surface area contributed by atoms with Gasteiger partial charge in [-0.3, -0.25) is 43.2 Å². The highest BCUT2D eigenvalue weighted by molar-refractivity contribution is 7.80. The summed E-state index contributed by atoms with van der Waals surface area (Å²) in [6.07, 6.45) is -1.39. The van der Waals surface area contributed by atoms with Gasteiger partial charge < -0.3 is 78.6 Å². The Labute approximate surface area is 478 Å². The Balaban J connectivity index is 1.66. The molecule has 0 aliphatic heterocycles. The number of nitrogens with two attached hydrogens (primary N) is 1. The Morgan fingerprint density at radius 3 is 1.57 bits per heavy atom. The molecule has 10 atom stereocenters. The second-order valence-electron chi connectivity index (χ2n) is 19.4. The molecule has 1 aromatic heterocycles. The number of hydrogen-bond acceptors (Lipinski definition) is 16. The molecule has 0 aliphatic rings. The summed E-state index contributed by atoms with van der Waals surface area (Å²) < 4.78 is 0. The molecule has 440 valence electrons. The first-order valence-electron chi connectivity index (χ1n) is 26.0. The second-order valence-corrected chi connectivity index (χ2v) is 20.1. The minimum Gasteiger partial charge on any atom is -0.508 e. The predicted octanol–water partition coefficient (Wildman–Crippen LogP) is -1.91. The zero-order valence-electron chi connectivity index (χ0n) is 45.2. The quantitative estimate of drug-likeness (QED) is 0.0188. The van der Waals surface area contributed by atoms with Crippen molar-refractivity contribution in [3.8, 4) is 5.75 Å². The SMILES string of the molecule is CC(=O)N(C)CC(=O)N[C@H](Cc1ccccc1)C(=O)N[C@@H](CS)C(=O)N[C@@H](Cc1ccc(O)cc1)C(=O)N[C@H](Cc1c[nH]c2ccccc12)C(=O)N[C@@H](CCCCN)C(=O)N[C@H](C(=O)N[C@@H](CS)C(=O)N[C@H](C(=O)O)[C@@H](C)O)[C@@H](C)O. The molecule has 0 saturated heterocycles. The van der Waals surface area contributed by atoms with Crippen molar-refractivity contribution in [1.29, 1.82) is 0 Å². The van der Waals surface area contributed by atoms with Crippen LogP contribution in [0, 0.1) is 0 Å². The Bertz CT molecular complexity index is 2800. The van der Waals surface area contributed by atoms with Crippen LogP contribution in [0.3, 0.4) is 0 Å². The van der Waals surface area contributed by atoms with E-state index in [1.54, 1.807) is 60.8 Å². The number of aromatic hydroxyl groups is 1. The van der Waals surface area contributed by atoms with Crippen molar-refractivity contribution >= 4 is 95.3 Å². The van der Waals surface area contributed by atoms with E-state index in [9.17, 15) is 68.4 Å². The first-order chi connectivity index (χ1) is 38.5. The number of aliphatic hydroxyl groups excluding tert-OH is 2. The normalized spacial score (nSPS) is 14.8. The average Bonchev–Trinajstić information content (AvgIpc) is 3.85. The number of fused-ring (bicyclic) bond motifs is 1. The Hall–Kier alpha value is -7.72. The number of nitrogens with zero attached hydrogens (tertiary/aromatic N) is 1. The maximum atomic E-state index is 14.8. The van der Waals surface area contributed by atoms with Gasteiger partial charge in [0, 0.05) is 61.8 Å². The van der Waals surface area contributed by atoms with Crippen molar-refractivity contribution in [3.05, 3.63) is 102 Å². The third-order valence-corrected chi connectivity index (χ3v) is 13.6. The number of carbonyl (C=O) groups excluding carboxylic acids is 9. The number of thiol groups is 2. The number of carbonyl (C=O) groups is 10. The van der Waals surface area contributed by atoms with E-state index >= 15 is 0 Å². The molecule has 0 unspecified atom stereocenters. The lowest BCUT2D eigenvalue weighted by Gasteiger charge is -2.28. The number of carboxylic acid groups (broad SMARTS) is 1. The number of phenolic OH excluding ortho intramolecular Hbond substituents is 1. The molecule has 4 rings (SSSR count). The molecule has 1 heterocycles. The van der Waals surface area contributed by atoms with Crippen molar-refractivity contribution in [1.82, 2.24) is 52.4 Å². The standard InChI is InChI=1S/C54H73N11O14S2/c1-29(66)45(53(77)62-43(28-81)52(76)64-46(30(2)67)54(78)79)63-47(71)38(16-10-11-21-55)58-50(74)41(24-34-25-56-37-15-9-8-14-36(34)37)60-49(73)40(23-33-17-19-35(69)20-18-33)59-51(75)42(27-80)61-48(72)39(22-32-12-6-5-7-13-32)57-44(70)26-65(4)31(3)68/h5-9,12-15,17-20,25,29-30,38-43,45-46,56,66-67,69,80-81H,10-11,16,21-24,26-28,55H2,1-4H3,(H,57,70)(H,58,74)(H,59,75)(H,60,73)(H,61,72)(H,62,77)(H,63,71)(H,64,76)(H,78,79)/t29-,30-,38+,39-,40+,41-,42+,43+,45+,46+/m1/s1. The topological polar surface area (TPSA) is 393 Å². The molecule has 0 fully saturated rings. The molecule has 0 radical (unpaired) electrons. The zero-order chi connectivity index (χ0) is 59.9. The van der Waals surface area contributed by atoms with Crippen molar-refractivity contribution in [2.75, 3.05) is 31.6 Å². The van der Waals surface area contributed by atoms with Crippen LogP contribution >= 0.6 is 25.3 Å². The number of phenols is 1. The van der Waals surface area contributed by atoms with Crippen LogP contribution in [0.5, 0.6) is 5.75 Å². The van der Waals surface area contributed by atoms with Crippen LogP contribution in [0.15, 0.2) is 85.1 Å². The molecular formula is C54H73N11O14S2. The van der Waals surface area contributed by atoms with E-state index in [4.69, 9.17) is 5.73 Å². The van der Waals surface area contributed by atoms with E-state index in [0.29, 0.717) is 34.0 Å². The average molecular weight is 1160 g/mol. The number of amides is 9. The minimum atomic E-state index is -1.77. The van der Waals surface area contributed by atoms with Gasteiger partial charge in [0.25, 0.3) is 0 Å². The Kier molecular flexibility index (Phi) is 26.4. The summed E-state index contributed by atoms with van der Waals surface area (Å²) in [6, 6.07) is 9.39. The van der Waals surface area contributed by atoms with E-state index < -0.39 is 120 Å². The van der Waals surface area contributed by atoms with Gasteiger partial charge in [0.05, 0.1) is 18.8 Å². The fourth-order valence-corrected chi connectivity index (χ4v) is 8.75. The van der Waals surface area contributed by atoms with E-state index in [1.165, 1.54) is 45.2 Å². The molecule has 0 bridgehead atoms. The number of aliphatic carboxylic acids is 1. The van der Waals surface area contributed by atoms with Gasteiger partial charge in [-0.25, -0.2) is 4.79 Å². The summed E-state index contributed by atoms with van der Waals surface area (Å²) in [5, 5.41) is 61.0. The van der Waals surface area contributed by atoms with Gasteiger partial charge in [0.2, 0.25) is 53.2 Å². The zero-order valence-corrected chi connectivity index (χ0v) is 47.0. The number of carboxylic acids is 1. The van der Waals surface area contributed by atoms with Gasteiger partial charge in [-0.05, 0) is 74.5 Å². The van der Waals surface area contributed by atoms with E-state index in [1.807, 2.05) is 0 Å². The third kappa shape index (κ3) is 20.7. The van der Waals surface area contributed by atoms with Crippen molar-refractivity contribution in [3.63, 3.8) is 0 Å². The highest BCUT2D eigenvalue weighted by atomic mass is 32.1. The third-order valence-electron chi connectivity index (χ3n) is 12.9. The van der Waals surface area contributed by atoms with Gasteiger partial charge >= 0.3 is 5.97 Å². The van der Waals surface area contributed by atoms with Crippen LogP contribution in [0.2, 0.25) is 0 Å². The van der Waals surface area contributed by atoms with Gasteiger partial charge in [-0.15, -0.1) is 0 Å². The molecule has 81 heavy (non-hydrogen) atoms. The van der Waals surface area contributed by atoms with Crippen LogP contribution in [0.4, 0.5) is 0 Å². The number of aromatic nitrogens is 1. The van der Waals surface area contributed by atoms with Gasteiger partial charge in [-0.2, -0.15) is 25.3 Å². The molecule has 25 nitrogen and oxygen atoms in total. The molecule has 0 aliphatic carbocycles. The van der Waals surface area contributed by atoms with Gasteiger partial charge in [0.1, 0.15) is 48.0 Å². The molecular weight excluding hydrogens is 1090 g/mol. The molecule has 15 N–H and O–H groups in total. The number of para-hydroxylation sites is 1. The van der Waals surface area contributed by atoms with E-state index in [2.05, 4.69) is 72.8 Å². The van der Waals surface area contributed by atoms with Crippen LogP contribution in [-0.4, -0.2) is 182 Å². The van der Waals surface area contributed by atoms with Crippen molar-refractivity contribution < 1.29 is 68.4 Å². The molecule has 27 heteroatoms. The van der Waals surface area contributed by atoms with Crippen molar-refractivity contribution in [2.45, 2.75) is 120 Å². The van der Waals surface area contributed by atoms with Gasteiger partial charge in [-0.1, -0.05) is 60.7 Å². The molecule has 0 saturated carbocycles. The predicted molar refractivity (Wildman–Crippen MR) is 304 cm³/mol. The van der Waals surface area contributed by atoms with Gasteiger partial charge in [0.15, 0.2) is 6.04 Å². The Morgan fingerprint density at radius 2 is 1.02 bits per heavy atom. The second kappa shape index (κ2) is 32.5. The smallest absolute Gasteiger partial charge is 0.328 e. The summed E-state index contributed by atoms with van der Waals surface area (Å²) in [6.45, 7) is 3.41. The summed E-state index contributed by atoms with van der Waals surface area (Å²) in [7, 11) is 1.41. The first kappa shape index (κ1) is 65.8. The number of rotatable bonds is 32. The summed E-state index contributed by atoms with van der Waals surface area (Å²) in [4.78, 5) is 140. The number of nitrogens with one attached hydrogen (secondary N) is 9. The molecule has 0 spiro atoms. The number of benzene rings is 3. The fourth-order valence-electron chi connectivity index (χ4n) is 8.23. The summed E-state index contributed by atoms with van der Waals surface area (Å²) in [5.74, 6) is -10.0. The minimum absolute atomic E-state index is 0.0120. The maximum absolute atomic E-state index is 14.8. The highest BCUT2D eigenvalue weighted by Crippen LogP contribution is 2.20. The largest absolute Gasteiger partial charge is 0.508 e. The number of aliphatic hydroxyl groups is 2. The summed E-state index contributed by atoms with van der Waals surface area (Å²) in [5.41, 5.74) is 8.12. The molecule has 9 amide bonds. The van der Waals surface area contributed by atoms with Crippen molar-refractivity contribution in [2.24, 2.45) is 5.73 Å². The highest BCUT2D eigenvalue weighted by Gasteiger charge is 2.37. The van der Waals surface area contributed by atoms with Crippen LogP contribution < -0.4 is 48.3 Å². The van der Waals surface area contributed by atoms with Crippen LogP contribution in [-0.2, 0) is 67.2 Å². The lowest BCUT2D eigenvalue weighted by atomic mass is 10.0. The number of unbranched alkanes of at least 4 members (excludes halogenated alkanes) is 1. The summed E-state index contributed by atoms with van der Waals surface area (Å²) >= 11 is 8.43. The lowest BCUT2D eigenvalue weighted by Crippen LogP contribution is -2.62. The number of likely N-dealkylation sites (N-methyl/N-ethyl adjacent to an activating group) is 1. The maximum Gasteiger partial charge on any atom is 0.328 e. The Morgan fingerprint density at radius 1 is 0.568 bits per heavy atom. The number of aromatic amines is 1. The van der Waals surface area contributed by atoms with E-state index in [-0.39, 0.29) is 62.4 Å². The van der Waals surface area contributed by atoms with Crippen LogP contribution in [0.25, 0.3) is 10.9 Å². The van der Waals surface area contributed by atoms with Crippen LogP contribution in [0.1, 0.15) is 56.7 Å². The molecule has 3 aromatic carbocycles.